The van der Waals surface area contributed by atoms with Gasteiger partial charge in [-0.1, -0.05) is 25.1 Å². The average Bonchev–Trinajstić information content (AvgIpc) is 2.87. The fourth-order valence-corrected chi connectivity index (χ4v) is 4.03. The van der Waals surface area contributed by atoms with Gasteiger partial charge in [-0.2, -0.15) is 8.78 Å². The zero-order valence-electron chi connectivity index (χ0n) is 20.7. The van der Waals surface area contributed by atoms with Gasteiger partial charge in [0.25, 0.3) is 0 Å². The molecule has 0 unspecified atom stereocenters. The van der Waals surface area contributed by atoms with Crippen molar-refractivity contribution in [2.24, 2.45) is 0 Å². The van der Waals surface area contributed by atoms with Crippen molar-refractivity contribution in [3.05, 3.63) is 83.6 Å². The molecule has 36 heavy (non-hydrogen) atoms. The van der Waals surface area contributed by atoms with Gasteiger partial charge in [-0.3, -0.25) is 0 Å². The molecule has 0 aromatic heterocycles. The lowest BCUT2D eigenvalue weighted by atomic mass is 9.92. The van der Waals surface area contributed by atoms with Crippen LogP contribution >= 0.6 is 0 Å². The number of nitrogens with zero attached hydrogens (tertiary/aromatic N) is 1. The van der Waals surface area contributed by atoms with Gasteiger partial charge in [0, 0.05) is 42.6 Å². The van der Waals surface area contributed by atoms with Gasteiger partial charge >= 0.3 is 12.6 Å². The molecule has 0 amide bonds. The van der Waals surface area contributed by atoms with Crippen LogP contribution in [0.15, 0.2) is 78.0 Å². The zero-order valence-corrected chi connectivity index (χ0v) is 20.7. The molecule has 3 rings (SSSR count). The zero-order chi connectivity index (χ0) is 26.1. The first-order valence-corrected chi connectivity index (χ1v) is 11.9. The number of allylic oxidation sites excluding steroid dienone is 3. The highest BCUT2D eigenvalue weighted by molar-refractivity contribution is 5.91. The van der Waals surface area contributed by atoms with Crippen LogP contribution in [-0.2, 0) is 4.79 Å². The van der Waals surface area contributed by atoms with Gasteiger partial charge < -0.3 is 24.8 Å². The van der Waals surface area contributed by atoms with Gasteiger partial charge in [-0.25, -0.2) is 4.79 Å². The van der Waals surface area contributed by atoms with Gasteiger partial charge in [-0.15, -0.1) is 0 Å². The maximum absolute atomic E-state index is 12.4. The molecule has 2 N–H and O–H groups in total. The molecule has 1 atom stereocenters. The number of nitrogens with one attached hydrogen (secondary N) is 1. The monoisotopic (exact) mass is 498 g/mol. The molecule has 6 nitrogen and oxygen atoms in total. The topological polar surface area (TPSA) is 71.0 Å². The van der Waals surface area contributed by atoms with Crippen LogP contribution in [0.3, 0.4) is 0 Å². The van der Waals surface area contributed by atoms with Crippen molar-refractivity contribution in [3.63, 3.8) is 0 Å². The second-order valence-electron chi connectivity index (χ2n) is 8.31. The maximum Gasteiger partial charge on any atom is 0.387 e. The first-order chi connectivity index (χ1) is 17.3. The summed E-state index contributed by atoms with van der Waals surface area (Å²) < 4.78 is 35.2. The third-order valence-electron chi connectivity index (χ3n) is 5.91. The van der Waals surface area contributed by atoms with E-state index in [1.54, 1.807) is 31.2 Å². The predicted octanol–water partition coefficient (Wildman–Crippen LogP) is 6.39. The van der Waals surface area contributed by atoms with Crippen molar-refractivity contribution in [1.29, 1.82) is 0 Å². The molecule has 0 saturated carbocycles. The van der Waals surface area contributed by atoms with E-state index in [9.17, 15) is 18.7 Å². The Morgan fingerprint density at radius 1 is 1.22 bits per heavy atom. The van der Waals surface area contributed by atoms with Crippen molar-refractivity contribution in [2.75, 3.05) is 25.1 Å². The molecule has 1 heterocycles. The van der Waals surface area contributed by atoms with Crippen molar-refractivity contribution in [2.45, 2.75) is 39.2 Å². The number of hydrogen-bond donors (Lipinski definition) is 2. The summed E-state index contributed by atoms with van der Waals surface area (Å²) in [4.78, 5) is 13.7. The maximum atomic E-state index is 12.4. The van der Waals surface area contributed by atoms with E-state index < -0.39 is 12.6 Å². The second kappa shape index (κ2) is 12.8. The lowest BCUT2D eigenvalue weighted by Gasteiger charge is -2.29. The van der Waals surface area contributed by atoms with E-state index in [-0.39, 0.29) is 17.2 Å². The van der Waals surface area contributed by atoms with E-state index in [0.717, 1.165) is 35.5 Å². The minimum Gasteiger partial charge on any atom is -0.493 e. The molecule has 2 aromatic carbocycles. The lowest BCUT2D eigenvalue weighted by Crippen LogP contribution is -2.26. The average molecular weight is 499 g/mol. The molecule has 0 aliphatic carbocycles. The van der Waals surface area contributed by atoms with E-state index in [4.69, 9.17) is 4.74 Å². The smallest absolute Gasteiger partial charge is 0.387 e. The van der Waals surface area contributed by atoms with Gasteiger partial charge in [0.2, 0.25) is 0 Å². The standard InChI is InChI=1S/C28H32F2N2O4/c1-4-6-8-25(24(7-5-2)27(33)34)31-18-19-15-16-35-26-17-21(11-14-23(19)26)32(3)20-9-12-22(13-10-20)36-28(29)30/h5-14,17,19,28,31H,4,15-16,18H2,1-3H3,(H,33,34)/b7-5-,8-6+,25-24-/t19-/m0/s1. The highest BCUT2D eigenvalue weighted by Gasteiger charge is 2.23. The highest BCUT2D eigenvalue weighted by atomic mass is 19.3. The van der Waals surface area contributed by atoms with Gasteiger partial charge in [0.15, 0.2) is 0 Å². The van der Waals surface area contributed by atoms with Crippen molar-refractivity contribution in [1.82, 2.24) is 5.32 Å². The largest absolute Gasteiger partial charge is 0.493 e. The van der Waals surface area contributed by atoms with Crippen LogP contribution in [0.2, 0.25) is 0 Å². The number of halogens is 2. The first kappa shape index (κ1) is 26.8. The summed E-state index contributed by atoms with van der Waals surface area (Å²) in [6.45, 7) is 2.05. The fraction of sp³-hybridized carbons (Fsp3) is 0.321. The second-order valence-corrected chi connectivity index (χ2v) is 8.31. The van der Waals surface area contributed by atoms with Crippen LogP contribution in [0.4, 0.5) is 20.2 Å². The highest BCUT2D eigenvalue weighted by Crippen LogP contribution is 2.37. The molecule has 0 bridgehead atoms. The molecule has 0 saturated heterocycles. The van der Waals surface area contributed by atoms with Crippen molar-refractivity contribution >= 4 is 17.3 Å². The quantitative estimate of drug-likeness (QED) is 0.276. The van der Waals surface area contributed by atoms with Crippen LogP contribution in [-0.4, -0.2) is 37.9 Å². The number of ether oxygens (including phenoxy) is 2. The van der Waals surface area contributed by atoms with E-state index in [2.05, 4.69) is 10.1 Å². The summed E-state index contributed by atoms with van der Waals surface area (Å²) >= 11 is 0. The minimum atomic E-state index is -2.86. The summed E-state index contributed by atoms with van der Waals surface area (Å²) in [5.74, 6) is 0.0420. The van der Waals surface area contributed by atoms with Crippen molar-refractivity contribution in [3.8, 4) is 11.5 Å². The number of anilines is 2. The Labute approximate surface area is 210 Å². The SMILES string of the molecule is C\C=C/C(C(=O)O)=C(\C=C\CC)NC[C@@H]1CCOc2cc(N(C)c3ccc(OC(F)F)cc3)ccc21. The summed E-state index contributed by atoms with van der Waals surface area (Å²) in [5.41, 5.74) is 3.54. The van der Waals surface area contributed by atoms with Crippen LogP contribution in [0.25, 0.3) is 0 Å². The number of rotatable bonds is 11. The third-order valence-corrected chi connectivity index (χ3v) is 5.91. The summed E-state index contributed by atoms with van der Waals surface area (Å²) in [5, 5.41) is 13.0. The number of aliphatic carboxylic acids is 1. The number of carbonyl (C=O) groups is 1. The van der Waals surface area contributed by atoms with Gasteiger partial charge in [0.1, 0.15) is 11.5 Å². The molecular weight excluding hydrogens is 466 g/mol. The molecule has 0 fully saturated rings. The number of carboxylic acids is 1. The fourth-order valence-electron chi connectivity index (χ4n) is 4.03. The van der Waals surface area contributed by atoms with E-state index in [1.165, 1.54) is 12.1 Å². The van der Waals surface area contributed by atoms with Crippen molar-refractivity contribution < 1.29 is 28.2 Å². The number of fused-ring (bicyclic) bond motifs is 1. The van der Waals surface area contributed by atoms with E-state index in [0.29, 0.717) is 18.8 Å². The summed E-state index contributed by atoms with van der Waals surface area (Å²) in [6, 6.07) is 12.4. The molecule has 0 radical (unpaired) electrons. The molecule has 1 aliphatic heterocycles. The lowest BCUT2D eigenvalue weighted by molar-refractivity contribution is -0.132. The Morgan fingerprint density at radius 3 is 2.58 bits per heavy atom. The Morgan fingerprint density at radius 2 is 1.94 bits per heavy atom. The number of benzene rings is 2. The third kappa shape index (κ3) is 6.87. The predicted molar refractivity (Wildman–Crippen MR) is 137 cm³/mol. The number of hydrogen-bond acceptors (Lipinski definition) is 5. The minimum absolute atomic E-state index is 0.106. The van der Waals surface area contributed by atoms with Crippen LogP contribution in [0, 0.1) is 0 Å². The molecule has 1 aliphatic rings. The molecule has 8 heteroatoms. The number of carboxylic acid groups (broad SMARTS) is 1. The Balaban J connectivity index is 1.78. The Kier molecular flexibility index (Phi) is 9.50. The molecule has 2 aromatic rings. The summed E-state index contributed by atoms with van der Waals surface area (Å²) in [7, 11) is 1.89. The number of alkyl halides is 2. The van der Waals surface area contributed by atoms with Crippen LogP contribution < -0.4 is 19.7 Å². The van der Waals surface area contributed by atoms with Crippen LogP contribution in [0.5, 0.6) is 11.5 Å². The molecular formula is C28H32F2N2O4. The van der Waals surface area contributed by atoms with E-state index >= 15 is 0 Å². The Bertz CT molecular complexity index is 1130. The molecule has 0 spiro atoms. The first-order valence-electron chi connectivity index (χ1n) is 11.9. The van der Waals surface area contributed by atoms with Gasteiger partial charge in [0.05, 0.1) is 12.2 Å². The normalized spacial score (nSPS) is 16.0. The molecule has 192 valence electrons. The van der Waals surface area contributed by atoms with E-state index in [1.807, 2.05) is 49.2 Å². The van der Waals surface area contributed by atoms with Crippen LogP contribution in [0.1, 0.15) is 38.2 Å². The summed E-state index contributed by atoms with van der Waals surface area (Å²) in [6.07, 6.45) is 8.66. The Hall–Kier alpha value is -3.81. The van der Waals surface area contributed by atoms with Gasteiger partial charge in [-0.05, 0) is 67.8 Å².